The molecule has 7 nitrogen and oxygen atoms in total. The molecule has 1 aliphatic heterocycles. The fourth-order valence-corrected chi connectivity index (χ4v) is 4.81. The fraction of sp³-hybridized carbons (Fsp3) is 0.250. The zero-order chi connectivity index (χ0) is 25.0. The summed E-state index contributed by atoms with van der Waals surface area (Å²) in [5.41, 5.74) is 4.42. The fourth-order valence-electron chi connectivity index (χ4n) is 4.81. The van der Waals surface area contributed by atoms with Gasteiger partial charge in [-0.25, -0.2) is 0 Å². The van der Waals surface area contributed by atoms with Crippen LogP contribution in [0.15, 0.2) is 48.5 Å². The van der Waals surface area contributed by atoms with E-state index < -0.39 is 0 Å². The van der Waals surface area contributed by atoms with E-state index in [1.54, 1.807) is 6.07 Å². The normalized spacial score (nSPS) is 13.4. The number of hydrogen-bond acceptors (Lipinski definition) is 5. The number of ketones is 1. The van der Waals surface area contributed by atoms with E-state index in [2.05, 4.69) is 0 Å². The zero-order valence-electron chi connectivity index (χ0n) is 20.5. The lowest BCUT2D eigenvalue weighted by atomic mass is 9.92. The van der Waals surface area contributed by atoms with Crippen molar-refractivity contribution in [1.29, 1.82) is 0 Å². The highest BCUT2D eigenvalue weighted by atomic mass is 16.5. The van der Waals surface area contributed by atoms with E-state index in [4.69, 9.17) is 4.74 Å². The number of rotatable bonds is 6. The van der Waals surface area contributed by atoms with Gasteiger partial charge in [0.15, 0.2) is 5.78 Å². The second kappa shape index (κ2) is 8.36. The van der Waals surface area contributed by atoms with Gasteiger partial charge >= 0.3 is 0 Å². The summed E-state index contributed by atoms with van der Waals surface area (Å²) in [4.78, 5) is 42.1. The van der Waals surface area contributed by atoms with Gasteiger partial charge in [-0.1, -0.05) is 18.2 Å². The number of aryl methyl sites for hydroxylation is 1. The zero-order valence-corrected chi connectivity index (χ0v) is 20.5. The first-order chi connectivity index (χ1) is 16.7. The number of Topliss-reactive ketones (excluding diaryl/α,β-unsaturated/α-hetero) is 1. The molecule has 1 aliphatic rings. The van der Waals surface area contributed by atoms with Gasteiger partial charge in [0.05, 0.1) is 16.6 Å². The lowest BCUT2D eigenvalue weighted by Gasteiger charge is -2.16. The van der Waals surface area contributed by atoms with Crippen molar-refractivity contribution < 1.29 is 19.1 Å². The van der Waals surface area contributed by atoms with Crippen LogP contribution in [0.3, 0.4) is 0 Å². The third-order valence-electron chi connectivity index (χ3n) is 6.71. The molecular weight excluding hydrogens is 442 g/mol. The van der Waals surface area contributed by atoms with Crippen LogP contribution in [0.25, 0.3) is 32.9 Å². The number of para-hydroxylation sites is 1. The molecule has 0 unspecified atom stereocenters. The van der Waals surface area contributed by atoms with Crippen LogP contribution in [0, 0.1) is 0 Å². The molecule has 0 aliphatic carbocycles. The average molecular weight is 470 g/mol. The standard InChI is InChI=1S/C28H27N3O4/c1-16(32)17-10-11-21-20(14-17)24-22(30(21)4)15-19(25-26(24)28(34)31(5)27(25)33)18-8-6-7-9-23(18)35-13-12-29(2)3/h6-11,14-15H,12-13H2,1-5H3. The van der Waals surface area contributed by atoms with Crippen molar-refractivity contribution in [2.24, 2.45) is 7.05 Å². The summed E-state index contributed by atoms with van der Waals surface area (Å²) in [5, 5.41) is 1.48. The predicted molar refractivity (Wildman–Crippen MR) is 136 cm³/mol. The van der Waals surface area contributed by atoms with Gasteiger partial charge < -0.3 is 14.2 Å². The predicted octanol–water partition coefficient (Wildman–Crippen LogP) is 4.37. The maximum Gasteiger partial charge on any atom is 0.262 e. The molecule has 0 N–H and O–H groups in total. The second-order valence-electron chi connectivity index (χ2n) is 9.23. The topological polar surface area (TPSA) is 71.8 Å². The summed E-state index contributed by atoms with van der Waals surface area (Å²) in [6, 6.07) is 15.0. The molecule has 0 saturated carbocycles. The number of ether oxygens (including phenoxy) is 1. The number of amides is 2. The summed E-state index contributed by atoms with van der Waals surface area (Å²) in [7, 11) is 7.40. The van der Waals surface area contributed by atoms with E-state index in [1.165, 1.54) is 14.0 Å². The molecule has 35 heavy (non-hydrogen) atoms. The number of likely N-dealkylation sites (N-methyl/N-ethyl adjacent to an activating group) is 1. The molecular formula is C28H27N3O4. The molecule has 1 aromatic heterocycles. The lowest BCUT2D eigenvalue weighted by molar-refractivity contribution is 0.0693. The van der Waals surface area contributed by atoms with E-state index in [0.29, 0.717) is 40.0 Å². The molecule has 4 aromatic rings. The minimum atomic E-state index is -0.344. The maximum atomic E-state index is 13.4. The van der Waals surface area contributed by atoms with Gasteiger partial charge in [-0.3, -0.25) is 19.3 Å². The van der Waals surface area contributed by atoms with E-state index in [0.717, 1.165) is 33.4 Å². The first-order valence-electron chi connectivity index (χ1n) is 11.5. The number of nitrogens with zero attached hydrogens (tertiary/aromatic N) is 3. The van der Waals surface area contributed by atoms with Crippen LogP contribution >= 0.6 is 0 Å². The number of aromatic nitrogens is 1. The van der Waals surface area contributed by atoms with Crippen LogP contribution < -0.4 is 4.74 Å². The highest BCUT2D eigenvalue weighted by molar-refractivity contribution is 6.32. The molecule has 7 heteroatoms. The van der Waals surface area contributed by atoms with Crippen LogP contribution in [0.1, 0.15) is 38.0 Å². The molecule has 2 amide bonds. The molecule has 0 saturated heterocycles. The molecule has 0 fully saturated rings. The molecule has 2 heterocycles. The third-order valence-corrected chi connectivity index (χ3v) is 6.71. The van der Waals surface area contributed by atoms with Crippen molar-refractivity contribution in [3.05, 3.63) is 65.2 Å². The van der Waals surface area contributed by atoms with Crippen LogP contribution in [0.5, 0.6) is 5.75 Å². The Bertz CT molecular complexity index is 1550. The van der Waals surface area contributed by atoms with Gasteiger partial charge in [-0.15, -0.1) is 0 Å². The van der Waals surface area contributed by atoms with Crippen molar-refractivity contribution in [1.82, 2.24) is 14.4 Å². The van der Waals surface area contributed by atoms with Crippen molar-refractivity contribution in [3.63, 3.8) is 0 Å². The van der Waals surface area contributed by atoms with Crippen molar-refractivity contribution in [2.75, 3.05) is 34.3 Å². The van der Waals surface area contributed by atoms with Crippen molar-refractivity contribution in [3.8, 4) is 16.9 Å². The Hall–Kier alpha value is -3.97. The van der Waals surface area contributed by atoms with Gasteiger partial charge in [-0.2, -0.15) is 0 Å². The van der Waals surface area contributed by atoms with Crippen LogP contribution in [0.4, 0.5) is 0 Å². The smallest absolute Gasteiger partial charge is 0.262 e. The average Bonchev–Trinajstić information content (AvgIpc) is 3.24. The largest absolute Gasteiger partial charge is 0.492 e. The summed E-state index contributed by atoms with van der Waals surface area (Å²) < 4.78 is 8.10. The van der Waals surface area contributed by atoms with Crippen LogP contribution in [-0.4, -0.2) is 66.3 Å². The Balaban J connectivity index is 1.84. The molecule has 3 aromatic carbocycles. The summed E-state index contributed by atoms with van der Waals surface area (Å²) in [5.74, 6) is -0.0860. The van der Waals surface area contributed by atoms with Gasteiger partial charge in [0.25, 0.3) is 11.8 Å². The molecule has 0 spiro atoms. The first-order valence-corrected chi connectivity index (χ1v) is 11.5. The number of carbonyl (C=O) groups is 3. The molecule has 0 radical (unpaired) electrons. The summed E-state index contributed by atoms with van der Waals surface area (Å²) >= 11 is 0. The Labute approximate surface area is 203 Å². The molecule has 5 rings (SSSR count). The molecule has 178 valence electrons. The lowest BCUT2D eigenvalue weighted by Crippen LogP contribution is -2.24. The van der Waals surface area contributed by atoms with Gasteiger partial charge in [0.1, 0.15) is 12.4 Å². The summed E-state index contributed by atoms with van der Waals surface area (Å²) in [6.45, 7) is 2.75. The number of imide groups is 1. The Morgan fingerprint density at radius 3 is 2.34 bits per heavy atom. The van der Waals surface area contributed by atoms with Gasteiger partial charge in [0, 0.05) is 53.6 Å². The van der Waals surface area contributed by atoms with Crippen molar-refractivity contribution >= 4 is 39.4 Å². The third kappa shape index (κ3) is 3.51. The van der Waals surface area contributed by atoms with Crippen molar-refractivity contribution in [2.45, 2.75) is 6.92 Å². The highest BCUT2D eigenvalue weighted by Crippen LogP contribution is 2.44. The Morgan fingerprint density at radius 2 is 1.63 bits per heavy atom. The monoisotopic (exact) mass is 469 g/mol. The minimum absolute atomic E-state index is 0.0551. The van der Waals surface area contributed by atoms with E-state index in [9.17, 15) is 14.4 Å². The number of benzene rings is 3. The number of carbonyl (C=O) groups excluding carboxylic acids is 3. The Kier molecular flexibility index (Phi) is 5.44. The highest BCUT2D eigenvalue weighted by Gasteiger charge is 2.39. The van der Waals surface area contributed by atoms with E-state index in [-0.39, 0.29) is 17.6 Å². The van der Waals surface area contributed by atoms with E-state index in [1.807, 2.05) is 73.1 Å². The molecule has 0 bridgehead atoms. The second-order valence-corrected chi connectivity index (χ2v) is 9.23. The van der Waals surface area contributed by atoms with Crippen LogP contribution in [0.2, 0.25) is 0 Å². The Morgan fingerprint density at radius 1 is 0.914 bits per heavy atom. The van der Waals surface area contributed by atoms with E-state index >= 15 is 0 Å². The quantitative estimate of drug-likeness (QED) is 0.310. The van der Waals surface area contributed by atoms with Gasteiger partial charge in [-0.05, 0) is 51.4 Å². The maximum absolute atomic E-state index is 13.4. The minimum Gasteiger partial charge on any atom is -0.492 e. The van der Waals surface area contributed by atoms with Crippen LogP contribution in [-0.2, 0) is 7.05 Å². The number of fused-ring (bicyclic) bond motifs is 5. The SMILES string of the molecule is CC(=O)c1ccc2c(c1)c1c3c(c(-c4ccccc4OCCN(C)C)cc1n2C)C(=O)N(C)C3=O. The van der Waals surface area contributed by atoms with Gasteiger partial charge in [0.2, 0.25) is 0 Å². The number of hydrogen-bond donors (Lipinski definition) is 0. The molecule has 0 atom stereocenters. The first kappa shape index (κ1) is 22.8. The summed E-state index contributed by atoms with van der Waals surface area (Å²) in [6.07, 6.45) is 0.